The van der Waals surface area contributed by atoms with Crippen LogP contribution >= 0.6 is 0 Å². The van der Waals surface area contributed by atoms with E-state index in [2.05, 4.69) is 38.7 Å². The third-order valence-electron chi connectivity index (χ3n) is 1.60. The summed E-state index contributed by atoms with van der Waals surface area (Å²) < 4.78 is 0. The first-order valence-electron chi connectivity index (χ1n) is 4.54. The largest absolute Gasteiger partial charge is 0.192 e. The summed E-state index contributed by atoms with van der Waals surface area (Å²) in [5, 5.41) is 8.60. The van der Waals surface area contributed by atoms with Crippen LogP contribution < -0.4 is 0 Å². The number of rotatable bonds is 0. The average molecular weight is 183 g/mol. The molecule has 1 heteroatoms. The van der Waals surface area contributed by atoms with E-state index >= 15 is 0 Å². The van der Waals surface area contributed by atoms with Crippen LogP contribution in [0.5, 0.6) is 0 Å². The molecule has 1 aromatic rings. The maximum absolute atomic E-state index is 8.60. The molecule has 0 bridgehead atoms. The van der Waals surface area contributed by atoms with Crippen molar-refractivity contribution >= 4 is 0 Å². The number of nitriles is 1. The molecule has 0 N–H and O–H groups in total. The zero-order valence-corrected chi connectivity index (χ0v) is 8.76. The molecule has 0 spiro atoms. The monoisotopic (exact) mass is 183 g/mol. The van der Waals surface area contributed by atoms with Crippen molar-refractivity contribution in [3.8, 4) is 17.9 Å². The fourth-order valence-corrected chi connectivity index (χ4v) is 0.888. The van der Waals surface area contributed by atoms with Crippen molar-refractivity contribution in [2.75, 3.05) is 0 Å². The van der Waals surface area contributed by atoms with Crippen LogP contribution in [0.15, 0.2) is 24.3 Å². The van der Waals surface area contributed by atoms with Crippen LogP contribution in [0.4, 0.5) is 0 Å². The summed E-state index contributed by atoms with van der Waals surface area (Å²) in [4.78, 5) is 0. The third kappa shape index (κ3) is 3.33. The summed E-state index contributed by atoms with van der Waals surface area (Å²) in [5.74, 6) is 6.22. The lowest BCUT2D eigenvalue weighted by Gasteiger charge is -2.06. The quantitative estimate of drug-likeness (QED) is 0.567. The lowest BCUT2D eigenvalue weighted by atomic mass is 9.97. The van der Waals surface area contributed by atoms with E-state index < -0.39 is 0 Å². The van der Waals surface area contributed by atoms with Gasteiger partial charge in [-0.3, -0.25) is 0 Å². The SMILES string of the molecule is CC(C)(C)C#Cc1ccc(C#N)cc1. The molecule has 0 saturated heterocycles. The molecule has 70 valence electrons. The summed E-state index contributed by atoms with van der Waals surface area (Å²) in [5.41, 5.74) is 1.65. The van der Waals surface area contributed by atoms with E-state index in [0.29, 0.717) is 5.56 Å². The van der Waals surface area contributed by atoms with Gasteiger partial charge in [0.25, 0.3) is 0 Å². The minimum absolute atomic E-state index is 0.0217. The lowest BCUT2D eigenvalue weighted by Crippen LogP contribution is -1.99. The predicted molar refractivity (Wildman–Crippen MR) is 57.5 cm³/mol. The van der Waals surface area contributed by atoms with Gasteiger partial charge in [-0.2, -0.15) is 5.26 Å². The van der Waals surface area contributed by atoms with Crippen LogP contribution in [-0.4, -0.2) is 0 Å². The van der Waals surface area contributed by atoms with Gasteiger partial charge in [0.1, 0.15) is 0 Å². The molecule has 0 aromatic heterocycles. The average Bonchev–Trinajstić information content (AvgIpc) is 2.14. The molecule has 0 amide bonds. The van der Waals surface area contributed by atoms with Crippen LogP contribution in [0, 0.1) is 28.6 Å². The highest BCUT2D eigenvalue weighted by Gasteiger charge is 2.03. The summed E-state index contributed by atoms with van der Waals surface area (Å²) in [6, 6.07) is 9.39. The molecule has 0 aliphatic carbocycles. The molecular weight excluding hydrogens is 170 g/mol. The zero-order valence-electron chi connectivity index (χ0n) is 8.76. The van der Waals surface area contributed by atoms with Crippen molar-refractivity contribution in [1.82, 2.24) is 0 Å². The standard InChI is InChI=1S/C13H13N/c1-13(2,3)9-8-11-4-6-12(10-14)7-5-11/h4-7H,1-3H3. The summed E-state index contributed by atoms with van der Waals surface area (Å²) in [7, 11) is 0. The first kappa shape index (κ1) is 10.4. The molecule has 0 heterocycles. The summed E-state index contributed by atoms with van der Waals surface area (Å²) in [6.07, 6.45) is 0. The van der Waals surface area contributed by atoms with Crippen molar-refractivity contribution in [2.45, 2.75) is 20.8 Å². The minimum atomic E-state index is 0.0217. The second kappa shape index (κ2) is 3.99. The van der Waals surface area contributed by atoms with Gasteiger partial charge in [0.15, 0.2) is 0 Å². The first-order valence-corrected chi connectivity index (χ1v) is 4.54. The highest BCUT2D eigenvalue weighted by Crippen LogP contribution is 2.11. The highest BCUT2D eigenvalue weighted by atomic mass is 14.2. The topological polar surface area (TPSA) is 23.8 Å². The van der Waals surface area contributed by atoms with Crippen molar-refractivity contribution < 1.29 is 0 Å². The molecule has 1 nitrogen and oxygen atoms in total. The Morgan fingerprint density at radius 3 is 1.93 bits per heavy atom. The Labute approximate surface area is 85.4 Å². The van der Waals surface area contributed by atoms with Crippen LogP contribution in [-0.2, 0) is 0 Å². The second-order valence-corrected chi connectivity index (χ2v) is 4.19. The van der Waals surface area contributed by atoms with Gasteiger partial charge in [-0.1, -0.05) is 11.8 Å². The number of nitrogens with zero attached hydrogens (tertiary/aromatic N) is 1. The Balaban J connectivity index is 2.89. The maximum Gasteiger partial charge on any atom is 0.0991 e. The maximum atomic E-state index is 8.60. The van der Waals surface area contributed by atoms with Gasteiger partial charge in [0, 0.05) is 11.0 Å². The van der Waals surface area contributed by atoms with E-state index in [9.17, 15) is 0 Å². The Morgan fingerprint density at radius 1 is 1.00 bits per heavy atom. The molecule has 0 unspecified atom stereocenters. The van der Waals surface area contributed by atoms with Gasteiger partial charge < -0.3 is 0 Å². The highest BCUT2D eigenvalue weighted by molar-refractivity contribution is 5.40. The Bertz CT molecular complexity index is 402. The first-order chi connectivity index (χ1) is 6.51. The fourth-order valence-electron chi connectivity index (χ4n) is 0.888. The van der Waals surface area contributed by atoms with E-state index in [1.54, 1.807) is 12.1 Å². The van der Waals surface area contributed by atoms with Crippen molar-refractivity contribution in [2.24, 2.45) is 5.41 Å². The smallest absolute Gasteiger partial charge is 0.0991 e. The van der Waals surface area contributed by atoms with E-state index in [4.69, 9.17) is 5.26 Å². The molecule has 14 heavy (non-hydrogen) atoms. The van der Waals surface area contributed by atoms with Gasteiger partial charge in [0.05, 0.1) is 11.6 Å². The molecule has 1 aromatic carbocycles. The van der Waals surface area contributed by atoms with Gasteiger partial charge in [-0.05, 0) is 45.0 Å². The van der Waals surface area contributed by atoms with Crippen molar-refractivity contribution in [1.29, 1.82) is 5.26 Å². The van der Waals surface area contributed by atoms with Gasteiger partial charge in [0.2, 0.25) is 0 Å². The molecular formula is C13H13N. The Morgan fingerprint density at radius 2 is 1.50 bits per heavy atom. The van der Waals surface area contributed by atoms with Gasteiger partial charge in [-0.25, -0.2) is 0 Å². The molecule has 0 atom stereocenters. The van der Waals surface area contributed by atoms with Crippen LogP contribution in [0.2, 0.25) is 0 Å². The summed E-state index contributed by atoms with van der Waals surface area (Å²) >= 11 is 0. The van der Waals surface area contributed by atoms with E-state index in [0.717, 1.165) is 5.56 Å². The van der Waals surface area contributed by atoms with Crippen molar-refractivity contribution in [3.05, 3.63) is 35.4 Å². The van der Waals surface area contributed by atoms with Crippen LogP contribution in [0.1, 0.15) is 31.9 Å². The summed E-state index contributed by atoms with van der Waals surface area (Å²) in [6.45, 7) is 6.22. The normalized spacial score (nSPS) is 9.86. The molecule has 0 saturated carbocycles. The third-order valence-corrected chi connectivity index (χ3v) is 1.60. The van der Waals surface area contributed by atoms with E-state index in [1.165, 1.54) is 0 Å². The van der Waals surface area contributed by atoms with Crippen molar-refractivity contribution in [3.63, 3.8) is 0 Å². The number of hydrogen-bond donors (Lipinski definition) is 0. The fraction of sp³-hybridized carbons (Fsp3) is 0.308. The Kier molecular flexibility index (Phi) is 2.95. The van der Waals surface area contributed by atoms with E-state index in [1.807, 2.05) is 12.1 Å². The minimum Gasteiger partial charge on any atom is -0.192 e. The van der Waals surface area contributed by atoms with Gasteiger partial charge in [-0.15, -0.1) is 0 Å². The molecule has 0 fully saturated rings. The van der Waals surface area contributed by atoms with Crippen LogP contribution in [0.3, 0.4) is 0 Å². The molecule has 0 aliphatic rings. The number of benzene rings is 1. The zero-order chi connectivity index (χ0) is 10.6. The second-order valence-electron chi connectivity index (χ2n) is 4.19. The predicted octanol–water partition coefficient (Wildman–Crippen LogP) is 2.96. The molecule has 0 aliphatic heterocycles. The Hall–Kier alpha value is -1.73. The van der Waals surface area contributed by atoms with E-state index in [-0.39, 0.29) is 5.41 Å². The lowest BCUT2D eigenvalue weighted by molar-refractivity contribution is 0.571. The van der Waals surface area contributed by atoms with Crippen LogP contribution in [0.25, 0.3) is 0 Å². The van der Waals surface area contributed by atoms with Gasteiger partial charge >= 0.3 is 0 Å². The molecule has 1 rings (SSSR count). The number of hydrogen-bond acceptors (Lipinski definition) is 1. The molecule has 0 radical (unpaired) electrons.